The number of hydrogen-bond donors (Lipinski definition) is 1. The monoisotopic (exact) mass is 439 g/mol. The van der Waals surface area contributed by atoms with E-state index in [9.17, 15) is 4.79 Å². The minimum Gasteiger partial charge on any atom is -0.372 e. The summed E-state index contributed by atoms with van der Waals surface area (Å²) in [5.74, 6) is 1.37. The van der Waals surface area contributed by atoms with Gasteiger partial charge in [0.1, 0.15) is 11.9 Å². The molecule has 5 heteroatoms. The topological polar surface area (TPSA) is 56.1 Å². The fourth-order valence-corrected chi connectivity index (χ4v) is 4.28. The molecule has 0 radical (unpaired) electrons. The SMILES string of the molecule is CCC(OCC1CC1)c1nc(C)cc2c1c(=O)cc(Nc1ccccc1)n2-c1ccccc1. The predicted octanol–water partition coefficient (Wildman–Crippen LogP) is 6.32. The summed E-state index contributed by atoms with van der Waals surface area (Å²) in [6, 6.07) is 23.7. The molecule has 0 bridgehead atoms. The molecule has 4 aromatic rings. The van der Waals surface area contributed by atoms with Gasteiger partial charge in [0.25, 0.3) is 0 Å². The average Bonchev–Trinajstić information content (AvgIpc) is 3.65. The van der Waals surface area contributed by atoms with E-state index >= 15 is 0 Å². The van der Waals surface area contributed by atoms with Crippen molar-refractivity contribution in [2.45, 2.75) is 39.2 Å². The Morgan fingerprint density at radius 1 is 1.06 bits per heavy atom. The number of nitrogens with zero attached hydrogens (tertiary/aromatic N) is 2. The number of fused-ring (bicyclic) bond motifs is 1. The van der Waals surface area contributed by atoms with Gasteiger partial charge in [0.2, 0.25) is 0 Å². The Labute approximate surface area is 194 Å². The molecule has 0 spiro atoms. The molecule has 5 rings (SSSR count). The van der Waals surface area contributed by atoms with E-state index in [-0.39, 0.29) is 11.5 Å². The summed E-state index contributed by atoms with van der Waals surface area (Å²) < 4.78 is 8.37. The lowest BCUT2D eigenvalue weighted by atomic mass is 10.1. The quantitative estimate of drug-likeness (QED) is 0.349. The van der Waals surface area contributed by atoms with Crippen LogP contribution in [0.25, 0.3) is 16.6 Å². The van der Waals surface area contributed by atoms with Crippen molar-refractivity contribution in [1.82, 2.24) is 9.55 Å². The van der Waals surface area contributed by atoms with Gasteiger partial charge in [0.15, 0.2) is 5.43 Å². The first kappa shape index (κ1) is 21.4. The molecule has 1 aliphatic carbocycles. The summed E-state index contributed by atoms with van der Waals surface area (Å²) >= 11 is 0. The van der Waals surface area contributed by atoms with Crippen LogP contribution in [0.5, 0.6) is 0 Å². The lowest BCUT2D eigenvalue weighted by Gasteiger charge is -2.22. The molecule has 2 heterocycles. The van der Waals surface area contributed by atoms with Crippen LogP contribution in [0.2, 0.25) is 0 Å². The van der Waals surface area contributed by atoms with Crippen molar-refractivity contribution in [3.05, 3.63) is 94.4 Å². The van der Waals surface area contributed by atoms with Crippen LogP contribution in [0.1, 0.15) is 43.7 Å². The molecule has 33 heavy (non-hydrogen) atoms. The maximum absolute atomic E-state index is 13.5. The van der Waals surface area contributed by atoms with Crippen molar-refractivity contribution in [3.63, 3.8) is 0 Å². The zero-order valence-electron chi connectivity index (χ0n) is 19.1. The van der Waals surface area contributed by atoms with Crippen molar-refractivity contribution in [1.29, 1.82) is 0 Å². The zero-order valence-corrected chi connectivity index (χ0v) is 19.1. The summed E-state index contributed by atoms with van der Waals surface area (Å²) in [4.78, 5) is 18.3. The predicted molar refractivity (Wildman–Crippen MR) is 134 cm³/mol. The molecule has 1 atom stereocenters. The van der Waals surface area contributed by atoms with Gasteiger partial charge in [-0.25, -0.2) is 0 Å². The average molecular weight is 440 g/mol. The number of pyridine rings is 2. The molecule has 2 aromatic heterocycles. The minimum absolute atomic E-state index is 0.0495. The molecule has 2 aromatic carbocycles. The maximum atomic E-state index is 13.5. The number of aryl methyl sites for hydroxylation is 1. The molecule has 1 unspecified atom stereocenters. The normalized spacial score (nSPS) is 14.4. The Morgan fingerprint density at radius 2 is 1.76 bits per heavy atom. The van der Waals surface area contributed by atoms with Crippen LogP contribution >= 0.6 is 0 Å². The Morgan fingerprint density at radius 3 is 2.42 bits per heavy atom. The number of ether oxygens (including phenoxy) is 1. The summed E-state index contributed by atoms with van der Waals surface area (Å²) in [5.41, 5.74) is 4.30. The highest BCUT2D eigenvalue weighted by Gasteiger charge is 2.26. The van der Waals surface area contributed by atoms with Crippen molar-refractivity contribution < 1.29 is 4.74 Å². The number of benzene rings is 2. The van der Waals surface area contributed by atoms with Gasteiger partial charge in [-0.05, 0) is 62.4 Å². The van der Waals surface area contributed by atoms with Crippen molar-refractivity contribution in [2.24, 2.45) is 5.92 Å². The molecule has 1 fully saturated rings. The fourth-order valence-electron chi connectivity index (χ4n) is 4.28. The number of para-hydroxylation sites is 2. The van der Waals surface area contributed by atoms with Crippen molar-refractivity contribution >= 4 is 22.4 Å². The van der Waals surface area contributed by atoms with Gasteiger partial charge in [-0.2, -0.15) is 0 Å². The molecule has 1 N–H and O–H groups in total. The number of rotatable bonds is 8. The van der Waals surface area contributed by atoms with E-state index in [2.05, 4.69) is 28.9 Å². The third kappa shape index (κ3) is 4.55. The molecule has 0 amide bonds. The number of hydrogen-bond acceptors (Lipinski definition) is 4. The smallest absolute Gasteiger partial charge is 0.193 e. The largest absolute Gasteiger partial charge is 0.372 e. The van der Waals surface area contributed by atoms with E-state index in [4.69, 9.17) is 9.72 Å². The second-order valence-electron chi connectivity index (χ2n) is 8.77. The van der Waals surface area contributed by atoms with Gasteiger partial charge < -0.3 is 10.1 Å². The van der Waals surface area contributed by atoms with Gasteiger partial charge in [0.05, 0.1) is 23.2 Å². The standard InChI is InChI=1S/C28H29N3O2/c1-3-25(33-18-20-14-15-20)28-27-23(16-19(2)29-28)31(22-12-8-5-9-13-22)26(17-24(27)32)30-21-10-6-4-7-11-21/h4-13,16-17,20,25,30H,3,14-15,18H2,1-2H3. The van der Waals surface area contributed by atoms with E-state index in [1.807, 2.05) is 61.5 Å². The molecular formula is C28H29N3O2. The lowest BCUT2D eigenvalue weighted by Crippen LogP contribution is -2.18. The molecule has 0 saturated heterocycles. The highest BCUT2D eigenvalue weighted by atomic mass is 16.5. The third-order valence-corrected chi connectivity index (χ3v) is 6.12. The van der Waals surface area contributed by atoms with E-state index in [0.717, 1.165) is 41.3 Å². The Hall–Kier alpha value is -3.44. The third-order valence-electron chi connectivity index (χ3n) is 6.12. The van der Waals surface area contributed by atoms with Crippen LogP contribution in [0.4, 0.5) is 11.5 Å². The van der Waals surface area contributed by atoms with Crippen LogP contribution in [-0.4, -0.2) is 16.2 Å². The van der Waals surface area contributed by atoms with Crippen molar-refractivity contribution in [2.75, 3.05) is 11.9 Å². The van der Waals surface area contributed by atoms with E-state index in [0.29, 0.717) is 17.1 Å². The Bertz CT molecular complexity index is 1310. The van der Waals surface area contributed by atoms with Crippen LogP contribution in [0, 0.1) is 12.8 Å². The van der Waals surface area contributed by atoms with Gasteiger partial charge in [-0.3, -0.25) is 14.3 Å². The summed E-state index contributed by atoms with van der Waals surface area (Å²) in [7, 11) is 0. The summed E-state index contributed by atoms with van der Waals surface area (Å²) in [6.07, 6.45) is 3.03. The molecule has 1 aliphatic rings. The lowest BCUT2D eigenvalue weighted by molar-refractivity contribution is 0.0408. The van der Waals surface area contributed by atoms with E-state index in [1.165, 1.54) is 12.8 Å². The van der Waals surface area contributed by atoms with Gasteiger partial charge in [0, 0.05) is 23.1 Å². The van der Waals surface area contributed by atoms with E-state index in [1.54, 1.807) is 6.07 Å². The fraction of sp³-hybridized carbons (Fsp3) is 0.286. The second kappa shape index (κ2) is 9.20. The summed E-state index contributed by atoms with van der Waals surface area (Å²) in [6.45, 7) is 4.80. The number of anilines is 2. The Balaban J connectivity index is 1.73. The summed E-state index contributed by atoms with van der Waals surface area (Å²) in [5, 5.41) is 4.08. The molecule has 1 saturated carbocycles. The minimum atomic E-state index is -0.196. The van der Waals surface area contributed by atoms with Crippen molar-refractivity contribution in [3.8, 4) is 5.69 Å². The molecule has 0 aliphatic heterocycles. The highest BCUT2D eigenvalue weighted by molar-refractivity contribution is 5.86. The molecule has 168 valence electrons. The highest BCUT2D eigenvalue weighted by Crippen LogP contribution is 2.34. The zero-order chi connectivity index (χ0) is 22.8. The number of nitrogens with one attached hydrogen (secondary N) is 1. The van der Waals surface area contributed by atoms with Gasteiger partial charge >= 0.3 is 0 Å². The second-order valence-corrected chi connectivity index (χ2v) is 8.77. The Kier molecular flexibility index (Phi) is 5.97. The van der Waals surface area contributed by atoms with E-state index < -0.39 is 0 Å². The first-order valence-corrected chi connectivity index (χ1v) is 11.7. The molecule has 5 nitrogen and oxygen atoms in total. The first-order valence-electron chi connectivity index (χ1n) is 11.7. The van der Waals surface area contributed by atoms with Gasteiger partial charge in [-0.1, -0.05) is 43.3 Å². The van der Waals surface area contributed by atoms with Gasteiger partial charge in [-0.15, -0.1) is 0 Å². The van der Waals surface area contributed by atoms with Crippen LogP contribution < -0.4 is 10.7 Å². The first-order chi connectivity index (χ1) is 16.1. The van der Waals surface area contributed by atoms with Crippen LogP contribution in [-0.2, 0) is 4.74 Å². The van der Waals surface area contributed by atoms with Crippen LogP contribution in [0.3, 0.4) is 0 Å². The maximum Gasteiger partial charge on any atom is 0.193 e. The van der Waals surface area contributed by atoms with Crippen LogP contribution in [0.15, 0.2) is 77.6 Å². The molecular weight excluding hydrogens is 410 g/mol. The number of aromatic nitrogens is 2.